The highest BCUT2D eigenvalue weighted by Crippen LogP contribution is 2.27. The van der Waals surface area contributed by atoms with Gasteiger partial charge in [-0.15, -0.1) is 0 Å². The van der Waals surface area contributed by atoms with Gasteiger partial charge in [-0.25, -0.2) is 8.42 Å². The third-order valence-corrected chi connectivity index (χ3v) is 3.40. The van der Waals surface area contributed by atoms with Gasteiger partial charge in [0.25, 0.3) is 9.84 Å². The van der Waals surface area contributed by atoms with Crippen molar-refractivity contribution in [3.05, 3.63) is 23.2 Å². The molecule has 5 nitrogen and oxygen atoms in total. The lowest BCUT2D eigenvalue weighted by atomic mass is 10.3. The van der Waals surface area contributed by atoms with Crippen LogP contribution in [0, 0.1) is 0 Å². The average Bonchev–Trinajstić information content (AvgIpc) is 2.17. The number of hydrogen-bond donors (Lipinski definition) is 1. The van der Waals surface area contributed by atoms with E-state index in [0.29, 0.717) is 5.75 Å². The van der Waals surface area contributed by atoms with Gasteiger partial charge >= 0.3 is 5.24 Å². The third kappa shape index (κ3) is 2.21. The molecule has 0 saturated heterocycles. The smallest absolute Gasteiger partial charge is 0.338 e. The first-order valence-electron chi connectivity index (χ1n) is 3.77. The molecule has 0 radical (unpaired) electrons. The quantitative estimate of drug-likeness (QED) is 0.853. The van der Waals surface area contributed by atoms with Crippen molar-refractivity contribution in [3.63, 3.8) is 0 Å². The van der Waals surface area contributed by atoms with Gasteiger partial charge < -0.3 is 10.5 Å². The number of rotatable bonds is 2. The molecule has 0 aliphatic heterocycles. The summed E-state index contributed by atoms with van der Waals surface area (Å²) in [4.78, 5) is 10.4. The highest BCUT2D eigenvalue weighted by molar-refractivity contribution is 8.06. The molecule has 82 valence electrons. The van der Waals surface area contributed by atoms with Crippen LogP contribution in [-0.4, -0.2) is 20.8 Å². The molecule has 0 atom stereocenters. The van der Waals surface area contributed by atoms with E-state index in [9.17, 15) is 13.2 Å². The number of carbonyl (C=O) groups excluding carboxylic acids is 1. The summed E-state index contributed by atoms with van der Waals surface area (Å²) in [6.45, 7) is 0. The van der Waals surface area contributed by atoms with E-state index in [0.717, 1.165) is 6.07 Å². The van der Waals surface area contributed by atoms with Gasteiger partial charge in [-0.1, -0.05) is 11.6 Å². The number of carbonyl (C=O) groups is 1. The summed E-state index contributed by atoms with van der Waals surface area (Å²) in [7, 11) is -2.73. The molecule has 7 heteroatoms. The fourth-order valence-electron chi connectivity index (χ4n) is 0.930. The van der Waals surface area contributed by atoms with E-state index < -0.39 is 15.1 Å². The summed E-state index contributed by atoms with van der Waals surface area (Å²) in [6.07, 6.45) is 0. The molecule has 0 aliphatic rings. The predicted molar refractivity (Wildman–Crippen MR) is 54.8 cm³/mol. The molecule has 0 bridgehead atoms. The van der Waals surface area contributed by atoms with Crippen molar-refractivity contribution in [2.45, 2.75) is 4.90 Å². The number of benzene rings is 1. The zero-order chi connectivity index (χ0) is 11.6. The Hall–Kier alpha value is -1.27. The van der Waals surface area contributed by atoms with Crippen molar-refractivity contribution in [1.29, 1.82) is 0 Å². The summed E-state index contributed by atoms with van der Waals surface area (Å²) in [6, 6.07) is 3.66. The summed E-state index contributed by atoms with van der Waals surface area (Å²) < 4.78 is 27.4. The lowest BCUT2D eigenvalue weighted by molar-refractivity contribution is 0.265. The number of hydrogen-bond acceptors (Lipinski definition) is 4. The molecule has 0 spiro atoms. The van der Waals surface area contributed by atoms with Crippen LogP contribution in [0.2, 0.25) is 5.02 Å². The van der Waals surface area contributed by atoms with E-state index >= 15 is 0 Å². The highest BCUT2D eigenvalue weighted by atomic mass is 35.5. The van der Waals surface area contributed by atoms with Crippen molar-refractivity contribution >= 4 is 26.7 Å². The van der Waals surface area contributed by atoms with E-state index in [4.69, 9.17) is 22.1 Å². The molecule has 0 aliphatic carbocycles. The lowest BCUT2D eigenvalue weighted by Gasteiger charge is -2.04. The standard InChI is InChI=1S/C8H8ClNO4S/c1-14-7-3-2-5(4-6(7)9)15(12,13)8(10)11/h2-4H,1H3,(H2,10,11). The maximum absolute atomic E-state index is 11.3. The van der Waals surface area contributed by atoms with Crippen LogP contribution in [0.25, 0.3) is 0 Å². The van der Waals surface area contributed by atoms with Crippen LogP contribution in [0.3, 0.4) is 0 Å². The molecule has 0 fully saturated rings. The van der Waals surface area contributed by atoms with Crippen molar-refractivity contribution in [1.82, 2.24) is 0 Å². The highest BCUT2D eigenvalue weighted by Gasteiger charge is 2.22. The van der Waals surface area contributed by atoms with Crippen molar-refractivity contribution in [2.24, 2.45) is 5.73 Å². The largest absolute Gasteiger partial charge is 0.495 e. The van der Waals surface area contributed by atoms with E-state index in [1.54, 1.807) is 0 Å². The van der Waals surface area contributed by atoms with Crippen LogP contribution in [-0.2, 0) is 9.84 Å². The zero-order valence-electron chi connectivity index (χ0n) is 7.73. The maximum Gasteiger partial charge on any atom is 0.338 e. The Morgan fingerprint density at radius 1 is 1.47 bits per heavy atom. The van der Waals surface area contributed by atoms with E-state index in [1.807, 2.05) is 0 Å². The Morgan fingerprint density at radius 3 is 2.47 bits per heavy atom. The van der Waals surface area contributed by atoms with Crippen molar-refractivity contribution in [2.75, 3.05) is 7.11 Å². The fourth-order valence-corrected chi connectivity index (χ4v) is 2.01. The first-order valence-corrected chi connectivity index (χ1v) is 5.63. The number of amides is 1. The Kier molecular flexibility index (Phi) is 3.21. The third-order valence-electron chi connectivity index (χ3n) is 1.70. The Labute approximate surface area is 91.7 Å². The van der Waals surface area contributed by atoms with Crippen LogP contribution < -0.4 is 10.5 Å². The molecule has 2 N–H and O–H groups in total. The van der Waals surface area contributed by atoms with Crippen LogP contribution in [0.15, 0.2) is 23.1 Å². The molecule has 0 unspecified atom stereocenters. The zero-order valence-corrected chi connectivity index (χ0v) is 9.30. The summed E-state index contributed by atoms with van der Waals surface area (Å²) >= 11 is 5.70. The molecule has 15 heavy (non-hydrogen) atoms. The molecule has 1 rings (SSSR count). The van der Waals surface area contributed by atoms with E-state index in [2.05, 4.69) is 0 Å². The lowest BCUT2D eigenvalue weighted by Crippen LogP contribution is -2.21. The van der Waals surface area contributed by atoms with Crippen LogP contribution >= 0.6 is 11.6 Å². The Morgan fingerprint density at radius 2 is 2.07 bits per heavy atom. The van der Waals surface area contributed by atoms with Gasteiger partial charge in [0.15, 0.2) is 0 Å². The summed E-state index contributed by atoms with van der Waals surface area (Å²) in [5.74, 6) is 0.320. The number of methoxy groups -OCH3 is 1. The number of ether oxygens (including phenoxy) is 1. The number of sulfone groups is 1. The Bertz CT molecular complexity index is 497. The summed E-state index contributed by atoms with van der Waals surface area (Å²) in [5.41, 5.74) is 4.72. The maximum atomic E-state index is 11.3. The second-order valence-electron chi connectivity index (χ2n) is 2.62. The number of halogens is 1. The second-order valence-corrected chi connectivity index (χ2v) is 4.91. The number of nitrogens with two attached hydrogens (primary N) is 1. The van der Waals surface area contributed by atoms with Gasteiger partial charge in [0, 0.05) is 0 Å². The monoisotopic (exact) mass is 249 g/mol. The molecule has 1 aromatic carbocycles. The van der Waals surface area contributed by atoms with Crippen molar-refractivity contribution in [3.8, 4) is 5.75 Å². The minimum absolute atomic E-state index is 0.0971. The Balaban J connectivity index is 3.31. The van der Waals surface area contributed by atoms with Gasteiger partial charge in [0.2, 0.25) is 0 Å². The molecule has 0 heterocycles. The minimum atomic E-state index is -4.13. The first-order chi connectivity index (χ1) is 6.89. The van der Waals surface area contributed by atoms with Gasteiger partial charge in [0.1, 0.15) is 5.75 Å². The minimum Gasteiger partial charge on any atom is -0.495 e. The average molecular weight is 250 g/mol. The van der Waals surface area contributed by atoms with Crippen LogP contribution in [0.4, 0.5) is 4.79 Å². The number of primary amides is 1. The topological polar surface area (TPSA) is 86.5 Å². The van der Waals surface area contributed by atoms with E-state index in [-0.39, 0.29) is 9.92 Å². The van der Waals surface area contributed by atoms with E-state index in [1.165, 1.54) is 19.2 Å². The normalized spacial score (nSPS) is 11.1. The van der Waals surface area contributed by atoms with Crippen LogP contribution in [0.1, 0.15) is 0 Å². The van der Waals surface area contributed by atoms with Gasteiger partial charge in [0.05, 0.1) is 17.0 Å². The first kappa shape index (κ1) is 11.8. The molecule has 1 amide bonds. The molecular formula is C8H8ClNO4S. The van der Waals surface area contributed by atoms with Gasteiger partial charge in [-0.3, -0.25) is 4.79 Å². The second kappa shape index (κ2) is 4.08. The molecule has 1 aromatic rings. The van der Waals surface area contributed by atoms with Crippen LogP contribution in [0.5, 0.6) is 5.75 Å². The molecular weight excluding hydrogens is 242 g/mol. The summed E-state index contributed by atoms with van der Waals surface area (Å²) in [5, 5.41) is -1.32. The molecule has 0 saturated carbocycles. The molecule has 0 aromatic heterocycles. The predicted octanol–water partition coefficient (Wildman–Crippen LogP) is 1.20. The van der Waals surface area contributed by atoms with Gasteiger partial charge in [-0.05, 0) is 18.2 Å². The SMILES string of the molecule is COc1ccc(S(=O)(=O)C(N)=O)cc1Cl. The fraction of sp³-hybridized carbons (Fsp3) is 0.125. The van der Waals surface area contributed by atoms with Crippen molar-refractivity contribution < 1.29 is 17.9 Å². The van der Waals surface area contributed by atoms with Gasteiger partial charge in [-0.2, -0.15) is 0 Å².